The van der Waals surface area contributed by atoms with Crippen molar-refractivity contribution >= 4 is 11.6 Å². The Morgan fingerprint density at radius 1 is 1.08 bits per heavy atom. The molecule has 134 valence electrons. The molecule has 6 heteroatoms. The molecule has 26 heavy (non-hydrogen) atoms. The minimum Gasteiger partial charge on any atom is -0.313 e. The molecular formula is C20H18ClF2N3. The fourth-order valence-electron chi connectivity index (χ4n) is 3.38. The summed E-state index contributed by atoms with van der Waals surface area (Å²) in [6.45, 7) is 2.10. The lowest BCUT2D eigenvalue weighted by molar-refractivity contribution is 0.505. The molecule has 0 aliphatic carbocycles. The first kappa shape index (κ1) is 17.2. The van der Waals surface area contributed by atoms with Gasteiger partial charge in [-0.1, -0.05) is 29.8 Å². The van der Waals surface area contributed by atoms with Crippen LogP contribution in [-0.4, -0.2) is 16.3 Å². The first-order valence-electron chi connectivity index (χ1n) is 8.61. The summed E-state index contributed by atoms with van der Waals surface area (Å²) in [5.41, 5.74) is 4.90. The number of aromatic nitrogens is 2. The Kier molecular flexibility index (Phi) is 4.74. The van der Waals surface area contributed by atoms with Crippen LogP contribution in [0.15, 0.2) is 42.5 Å². The van der Waals surface area contributed by atoms with Crippen molar-refractivity contribution in [3.05, 3.63) is 75.9 Å². The highest BCUT2D eigenvalue weighted by atomic mass is 35.5. The van der Waals surface area contributed by atoms with Crippen molar-refractivity contribution < 1.29 is 8.78 Å². The molecule has 2 aromatic carbocycles. The van der Waals surface area contributed by atoms with Gasteiger partial charge in [0.1, 0.15) is 0 Å². The minimum atomic E-state index is -0.834. The van der Waals surface area contributed by atoms with Crippen LogP contribution in [0.5, 0.6) is 0 Å². The quantitative estimate of drug-likeness (QED) is 0.729. The average Bonchev–Trinajstić information content (AvgIpc) is 2.81. The van der Waals surface area contributed by atoms with E-state index in [2.05, 4.69) is 5.32 Å². The van der Waals surface area contributed by atoms with Gasteiger partial charge < -0.3 is 5.32 Å². The van der Waals surface area contributed by atoms with Crippen LogP contribution in [0, 0.1) is 11.6 Å². The topological polar surface area (TPSA) is 29.9 Å². The molecule has 0 saturated carbocycles. The molecule has 0 radical (unpaired) electrons. The monoisotopic (exact) mass is 373 g/mol. The Morgan fingerprint density at radius 3 is 2.65 bits per heavy atom. The van der Waals surface area contributed by atoms with Gasteiger partial charge >= 0.3 is 0 Å². The Bertz CT molecular complexity index is 935. The maximum absolute atomic E-state index is 13.6. The lowest BCUT2D eigenvalue weighted by Gasteiger charge is -2.08. The van der Waals surface area contributed by atoms with Crippen molar-refractivity contribution in [2.24, 2.45) is 0 Å². The molecule has 4 rings (SSSR count). The molecule has 1 aromatic heterocycles. The molecular weight excluding hydrogens is 356 g/mol. The Morgan fingerprint density at radius 2 is 1.88 bits per heavy atom. The molecule has 1 aliphatic rings. The van der Waals surface area contributed by atoms with Crippen molar-refractivity contribution in [1.82, 2.24) is 15.1 Å². The van der Waals surface area contributed by atoms with Crippen LogP contribution in [0.4, 0.5) is 8.78 Å². The predicted octanol–water partition coefficient (Wildman–Crippen LogP) is 4.57. The number of hydrogen-bond donors (Lipinski definition) is 1. The van der Waals surface area contributed by atoms with Crippen LogP contribution < -0.4 is 5.32 Å². The second-order valence-corrected chi connectivity index (χ2v) is 6.90. The number of fused-ring (bicyclic) bond motifs is 1. The maximum atomic E-state index is 13.6. The van der Waals surface area contributed by atoms with E-state index in [0.717, 1.165) is 54.5 Å². The van der Waals surface area contributed by atoms with Gasteiger partial charge in [-0.25, -0.2) is 8.78 Å². The van der Waals surface area contributed by atoms with Gasteiger partial charge in [-0.2, -0.15) is 5.10 Å². The van der Waals surface area contributed by atoms with Crippen molar-refractivity contribution in [3.63, 3.8) is 0 Å². The second kappa shape index (κ2) is 7.17. The van der Waals surface area contributed by atoms with Gasteiger partial charge in [0, 0.05) is 28.4 Å². The van der Waals surface area contributed by atoms with E-state index in [0.29, 0.717) is 17.1 Å². The summed E-state index contributed by atoms with van der Waals surface area (Å²) < 4.78 is 28.7. The molecule has 0 atom stereocenters. The highest BCUT2D eigenvalue weighted by molar-refractivity contribution is 6.30. The van der Waals surface area contributed by atoms with E-state index < -0.39 is 11.6 Å². The van der Waals surface area contributed by atoms with Crippen molar-refractivity contribution in [3.8, 4) is 11.3 Å². The van der Waals surface area contributed by atoms with Crippen LogP contribution >= 0.6 is 11.6 Å². The Hall–Kier alpha value is -2.24. The van der Waals surface area contributed by atoms with Crippen molar-refractivity contribution in [2.45, 2.75) is 25.9 Å². The third kappa shape index (κ3) is 3.37. The van der Waals surface area contributed by atoms with Crippen LogP contribution in [0.25, 0.3) is 11.3 Å². The van der Waals surface area contributed by atoms with E-state index in [9.17, 15) is 8.78 Å². The van der Waals surface area contributed by atoms with E-state index in [-0.39, 0.29) is 0 Å². The summed E-state index contributed by atoms with van der Waals surface area (Å²) in [5, 5.41) is 8.91. The fourth-order valence-corrected chi connectivity index (χ4v) is 3.50. The lowest BCUT2D eigenvalue weighted by atomic mass is 10.0. The number of rotatable bonds is 3. The van der Waals surface area contributed by atoms with E-state index in [1.54, 1.807) is 6.07 Å². The van der Waals surface area contributed by atoms with Crippen molar-refractivity contribution in [2.75, 3.05) is 6.54 Å². The van der Waals surface area contributed by atoms with Gasteiger partial charge in [-0.05, 0) is 49.2 Å². The largest absolute Gasteiger partial charge is 0.313 e. The smallest absolute Gasteiger partial charge is 0.159 e. The zero-order chi connectivity index (χ0) is 18.1. The zero-order valence-corrected chi connectivity index (χ0v) is 14.9. The highest BCUT2D eigenvalue weighted by Crippen LogP contribution is 2.29. The van der Waals surface area contributed by atoms with Crippen LogP contribution in [0.1, 0.15) is 23.2 Å². The summed E-state index contributed by atoms with van der Waals surface area (Å²) in [4.78, 5) is 0. The van der Waals surface area contributed by atoms with Gasteiger partial charge in [-0.15, -0.1) is 0 Å². The van der Waals surface area contributed by atoms with Gasteiger partial charge in [0.25, 0.3) is 0 Å². The van der Waals surface area contributed by atoms with Crippen molar-refractivity contribution in [1.29, 1.82) is 0 Å². The number of halogens is 3. The summed E-state index contributed by atoms with van der Waals surface area (Å²) in [6.07, 6.45) is 1.91. The van der Waals surface area contributed by atoms with E-state index in [1.807, 2.05) is 28.9 Å². The lowest BCUT2D eigenvalue weighted by Crippen LogP contribution is -2.12. The third-order valence-corrected chi connectivity index (χ3v) is 4.92. The van der Waals surface area contributed by atoms with Crippen LogP contribution in [-0.2, 0) is 19.5 Å². The molecule has 2 heterocycles. The molecule has 0 saturated heterocycles. The molecule has 1 N–H and O–H groups in total. The third-order valence-electron chi connectivity index (χ3n) is 4.67. The highest BCUT2D eigenvalue weighted by Gasteiger charge is 2.21. The fraction of sp³-hybridized carbons (Fsp3) is 0.250. The molecule has 0 unspecified atom stereocenters. The van der Waals surface area contributed by atoms with Crippen LogP contribution in [0.3, 0.4) is 0 Å². The minimum absolute atomic E-state index is 0.410. The van der Waals surface area contributed by atoms with Gasteiger partial charge in [0.15, 0.2) is 11.6 Å². The van der Waals surface area contributed by atoms with E-state index in [1.165, 1.54) is 6.07 Å². The van der Waals surface area contributed by atoms with E-state index in [4.69, 9.17) is 16.7 Å². The molecule has 1 aliphatic heterocycles. The standard InChI is InChI=1S/C20H18ClF2N3/c21-15-6-4-14(5-7-15)20-16-11-24-9-1-2-19(16)26(25-20)12-13-3-8-17(22)18(23)10-13/h3-8,10,24H,1-2,9,11-12H2. The SMILES string of the molecule is Fc1ccc(Cn2nc(-c3ccc(Cl)cc3)c3c2CCCNC3)cc1F. The molecule has 0 spiro atoms. The Labute approximate surface area is 155 Å². The molecule has 0 fully saturated rings. The molecule has 3 nitrogen and oxygen atoms in total. The maximum Gasteiger partial charge on any atom is 0.159 e. The summed E-state index contributed by atoms with van der Waals surface area (Å²) in [5.74, 6) is -1.67. The predicted molar refractivity (Wildman–Crippen MR) is 98.2 cm³/mol. The van der Waals surface area contributed by atoms with Gasteiger partial charge in [0.05, 0.1) is 12.2 Å². The molecule has 0 amide bonds. The normalized spacial score (nSPS) is 14.1. The first-order chi connectivity index (χ1) is 12.6. The number of nitrogens with zero attached hydrogens (tertiary/aromatic N) is 2. The number of benzene rings is 2. The second-order valence-electron chi connectivity index (χ2n) is 6.47. The zero-order valence-electron chi connectivity index (χ0n) is 14.1. The summed E-state index contributed by atoms with van der Waals surface area (Å²) >= 11 is 6.00. The average molecular weight is 374 g/mol. The molecule has 3 aromatic rings. The first-order valence-corrected chi connectivity index (χ1v) is 8.99. The van der Waals surface area contributed by atoms with Gasteiger partial charge in [0.2, 0.25) is 0 Å². The number of hydrogen-bond acceptors (Lipinski definition) is 2. The van der Waals surface area contributed by atoms with Gasteiger partial charge in [-0.3, -0.25) is 4.68 Å². The Balaban J connectivity index is 1.76. The molecule has 0 bridgehead atoms. The number of nitrogens with one attached hydrogen (secondary N) is 1. The van der Waals surface area contributed by atoms with E-state index >= 15 is 0 Å². The summed E-state index contributed by atoms with van der Waals surface area (Å²) in [7, 11) is 0. The summed E-state index contributed by atoms with van der Waals surface area (Å²) in [6, 6.07) is 11.6. The van der Waals surface area contributed by atoms with Crippen LogP contribution in [0.2, 0.25) is 5.02 Å².